The number of rotatable bonds is 9. The Morgan fingerprint density at radius 3 is 2.72 bits per heavy atom. The molecule has 2 N–H and O–H groups in total. The molecular formula is C24H29N3O5. The third-order valence-corrected chi connectivity index (χ3v) is 5.59. The summed E-state index contributed by atoms with van der Waals surface area (Å²) in [7, 11) is 0. The number of nitrogens with zero attached hydrogens (tertiary/aromatic N) is 1. The first-order valence-corrected chi connectivity index (χ1v) is 11.0. The average Bonchev–Trinajstić information content (AvgIpc) is 3.48. The van der Waals surface area contributed by atoms with E-state index in [4.69, 9.17) is 13.9 Å². The minimum Gasteiger partial charge on any atom is -0.467 e. The summed E-state index contributed by atoms with van der Waals surface area (Å²) in [5, 5.41) is 5.63. The lowest BCUT2D eigenvalue weighted by Crippen LogP contribution is -2.49. The first-order chi connectivity index (χ1) is 15.6. The summed E-state index contributed by atoms with van der Waals surface area (Å²) >= 11 is 0. The maximum Gasteiger partial charge on any atom is 0.338 e. The lowest BCUT2D eigenvalue weighted by molar-refractivity contribution is -0.139. The lowest BCUT2D eigenvalue weighted by Gasteiger charge is -2.32. The fourth-order valence-corrected chi connectivity index (χ4v) is 4.19. The second-order valence-corrected chi connectivity index (χ2v) is 7.95. The van der Waals surface area contributed by atoms with E-state index in [1.54, 1.807) is 19.1 Å². The summed E-state index contributed by atoms with van der Waals surface area (Å²) in [6.45, 7) is 4.49. The number of ether oxygens (including phenoxy) is 2. The van der Waals surface area contributed by atoms with Gasteiger partial charge < -0.3 is 24.5 Å². The molecule has 32 heavy (non-hydrogen) atoms. The number of hydrogen-bond donors (Lipinski definition) is 2. The number of nitrogens with one attached hydrogen (secondary N) is 2. The number of carbonyl (C=O) groups excluding carboxylic acids is 2. The van der Waals surface area contributed by atoms with Crippen LogP contribution in [0, 0.1) is 0 Å². The van der Waals surface area contributed by atoms with Gasteiger partial charge in [0.25, 0.3) is 0 Å². The van der Waals surface area contributed by atoms with Crippen molar-refractivity contribution in [3.63, 3.8) is 0 Å². The number of amides is 2. The highest BCUT2D eigenvalue weighted by Gasteiger charge is 2.36. The molecule has 8 heteroatoms. The zero-order chi connectivity index (χ0) is 22.3. The standard InChI is InChI=1S/C24H29N3O5/c1-2-30-23(28)21-19(25-24(29)26-22(21)20-11-7-13-32-20)16-27(15-18-10-6-12-31-18)14-17-8-4-3-5-9-17/h3-5,7-9,11,13,18,22H,2,6,10,12,14-16H2,1H3,(H2,25,26,29). The highest BCUT2D eigenvalue weighted by molar-refractivity contribution is 5.95. The van der Waals surface area contributed by atoms with Crippen molar-refractivity contribution >= 4 is 12.0 Å². The van der Waals surface area contributed by atoms with E-state index in [1.807, 2.05) is 18.2 Å². The van der Waals surface area contributed by atoms with Crippen LogP contribution in [0.4, 0.5) is 4.79 Å². The molecule has 1 aromatic heterocycles. The Balaban J connectivity index is 1.66. The number of esters is 1. The van der Waals surface area contributed by atoms with Gasteiger partial charge in [-0.3, -0.25) is 4.90 Å². The Kier molecular flexibility index (Phi) is 7.24. The topological polar surface area (TPSA) is 93.0 Å². The Morgan fingerprint density at radius 1 is 1.19 bits per heavy atom. The zero-order valence-electron chi connectivity index (χ0n) is 18.2. The van der Waals surface area contributed by atoms with Gasteiger partial charge in [0, 0.05) is 31.9 Å². The Labute approximate surface area is 187 Å². The van der Waals surface area contributed by atoms with Crippen LogP contribution in [0.15, 0.2) is 64.4 Å². The largest absolute Gasteiger partial charge is 0.467 e. The molecule has 0 aliphatic carbocycles. The van der Waals surface area contributed by atoms with Gasteiger partial charge in [-0.15, -0.1) is 0 Å². The van der Waals surface area contributed by atoms with E-state index in [-0.39, 0.29) is 18.7 Å². The third kappa shape index (κ3) is 5.38. The third-order valence-electron chi connectivity index (χ3n) is 5.59. The fourth-order valence-electron chi connectivity index (χ4n) is 4.19. The Hall–Kier alpha value is -3.10. The minimum atomic E-state index is -0.714. The summed E-state index contributed by atoms with van der Waals surface area (Å²) in [5.41, 5.74) is 2.01. The van der Waals surface area contributed by atoms with Gasteiger partial charge in [-0.05, 0) is 37.5 Å². The molecule has 1 fully saturated rings. The highest BCUT2D eigenvalue weighted by Crippen LogP contribution is 2.29. The van der Waals surface area contributed by atoms with Crippen LogP contribution in [0.5, 0.6) is 0 Å². The molecule has 0 spiro atoms. The molecule has 2 unspecified atom stereocenters. The molecule has 170 valence electrons. The normalized spacial score (nSPS) is 20.9. The van der Waals surface area contributed by atoms with Gasteiger partial charge in [-0.25, -0.2) is 9.59 Å². The molecule has 3 heterocycles. The molecule has 2 atom stereocenters. The van der Waals surface area contributed by atoms with Gasteiger partial charge in [-0.2, -0.15) is 0 Å². The number of benzene rings is 1. The molecular weight excluding hydrogens is 410 g/mol. The molecule has 0 saturated carbocycles. The first-order valence-electron chi connectivity index (χ1n) is 11.0. The average molecular weight is 440 g/mol. The van der Waals surface area contributed by atoms with Crippen molar-refractivity contribution in [2.75, 3.05) is 26.3 Å². The van der Waals surface area contributed by atoms with Crippen molar-refractivity contribution in [2.24, 2.45) is 0 Å². The molecule has 2 aliphatic heterocycles. The van der Waals surface area contributed by atoms with Crippen molar-refractivity contribution in [3.05, 3.63) is 71.3 Å². The van der Waals surface area contributed by atoms with Gasteiger partial charge in [0.1, 0.15) is 11.8 Å². The first kappa shape index (κ1) is 22.1. The van der Waals surface area contributed by atoms with E-state index >= 15 is 0 Å². The van der Waals surface area contributed by atoms with Gasteiger partial charge in [0.05, 0.1) is 24.5 Å². The van der Waals surface area contributed by atoms with Crippen molar-refractivity contribution in [1.29, 1.82) is 0 Å². The molecule has 8 nitrogen and oxygen atoms in total. The van der Waals surface area contributed by atoms with Gasteiger partial charge in [0.2, 0.25) is 0 Å². The maximum atomic E-state index is 12.9. The smallest absolute Gasteiger partial charge is 0.338 e. The second-order valence-electron chi connectivity index (χ2n) is 7.95. The lowest BCUT2D eigenvalue weighted by atomic mass is 9.99. The molecule has 0 bridgehead atoms. The quantitative estimate of drug-likeness (QED) is 0.583. The monoisotopic (exact) mass is 439 g/mol. The van der Waals surface area contributed by atoms with Crippen LogP contribution in [0.3, 0.4) is 0 Å². The van der Waals surface area contributed by atoms with Crippen LogP contribution in [0.1, 0.15) is 37.1 Å². The van der Waals surface area contributed by atoms with E-state index in [9.17, 15) is 9.59 Å². The molecule has 2 amide bonds. The predicted molar refractivity (Wildman–Crippen MR) is 117 cm³/mol. The van der Waals surface area contributed by atoms with Crippen molar-refractivity contribution < 1.29 is 23.5 Å². The Bertz CT molecular complexity index is 936. The van der Waals surface area contributed by atoms with Crippen LogP contribution in [0.25, 0.3) is 0 Å². The van der Waals surface area contributed by atoms with Crippen LogP contribution in [-0.4, -0.2) is 49.3 Å². The summed E-state index contributed by atoms with van der Waals surface area (Å²) in [4.78, 5) is 27.6. The van der Waals surface area contributed by atoms with E-state index in [0.717, 1.165) is 25.0 Å². The fraction of sp³-hybridized carbons (Fsp3) is 0.417. The molecule has 2 aliphatic rings. The van der Waals surface area contributed by atoms with Gasteiger partial charge >= 0.3 is 12.0 Å². The molecule has 1 aromatic carbocycles. The van der Waals surface area contributed by atoms with Crippen LogP contribution in [-0.2, 0) is 20.8 Å². The van der Waals surface area contributed by atoms with Gasteiger partial charge in [-0.1, -0.05) is 30.3 Å². The summed E-state index contributed by atoms with van der Waals surface area (Å²) in [5.74, 6) is 0.00214. The zero-order valence-corrected chi connectivity index (χ0v) is 18.2. The number of carbonyl (C=O) groups is 2. The molecule has 1 saturated heterocycles. The minimum absolute atomic E-state index is 0.128. The number of hydrogen-bond acceptors (Lipinski definition) is 6. The highest BCUT2D eigenvalue weighted by atomic mass is 16.5. The van der Waals surface area contributed by atoms with Crippen LogP contribution < -0.4 is 10.6 Å². The predicted octanol–water partition coefficient (Wildman–Crippen LogP) is 3.13. The van der Waals surface area contributed by atoms with Gasteiger partial charge in [0.15, 0.2) is 0 Å². The van der Waals surface area contributed by atoms with E-state index < -0.39 is 12.0 Å². The molecule has 2 aromatic rings. The van der Waals surface area contributed by atoms with E-state index in [2.05, 4.69) is 27.7 Å². The molecule has 0 radical (unpaired) electrons. The van der Waals surface area contributed by atoms with Crippen LogP contribution >= 0.6 is 0 Å². The van der Waals surface area contributed by atoms with Crippen molar-refractivity contribution in [1.82, 2.24) is 15.5 Å². The van der Waals surface area contributed by atoms with Crippen molar-refractivity contribution in [3.8, 4) is 0 Å². The van der Waals surface area contributed by atoms with Crippen molar-refractivity contribution in [2.45, 2.75) is 38.5 Å². The summed E-state index contributed by atoms with van der Waals surface area (Å²) in [6, 6.07) is 12.5. The number of furan rings is 1. The second kappa shape index (κ2) is 10.5. The van der Waals surface area contributed by atoms with E-state index in [1.165, 1.54) is 6.26 Å². The number of urea groups is 1. The van der Waals surface area contributed by atoms with E-state index in [0.29, 0.717) is 36.7 Å². The maximum absolute atomic E-state index is 12.9. The Morgan fingerprint density at radius 2 is 2.03 bits per heavy atom. The van der Waals surface area contributed by atoms with Crippen LogP contribution in [0.2, 0.25) is 0 Å². The summed E-state index contributed by atoms with van der Waals surface area (Å²) < 4.78 is 16.7. The SMILES string of the molecule is CCOC(=O)C1=C(CN(Cc2ccccc2)CC2CCCO2)NC(=O)NC1c1ccco1. The molecule has 4 rings (SSSR count). The summed E-state index contributed by atoms with van der Waals surface area (Å²) in [6.07, 6.45) is 3.69.